The Hall–Kier alpha value is -2.81. The Morgan fingerprint density at radius 1 is 1.10 bits per heavy atom. The van der Waals surface area contributed by atoms with Crippen LogP contribution in [-0.2, 0) is 23.1 Å². The van der Waals surface area contributed by atoms with Crippen molar-refractivity contribution in [3.63, 3.8) is 0 Å². The molecule has 0 amide bonds. The van der Waals surface area contributed by atoms with Gasteiger partial charge in [-0.1, -0.05) is 6.07 Å². The van der Waals surface area contributed by atoms with Gasteiger partial charge in [0, 0.05) is 17.1 Å². The number of alkyl halides is 3. The van der Waals surface area contributed by atoms with Gasteiger partial charge in [0.15, 0.2) is 0 Å². The molecule has 2 aromatic carbocycles. The quantitative estimate of drug-likeness (QED) is 0.516. The first-order valence-electron chi connectivity index (χ1n) is 9.18. The van der Waals surface area contributed by atoms with Crippen LogP contribution in [0.15, 0.2) is 47.4 Å². The summed E-state index contributed by atoms with van der Waals surface area (Å²) in [6.07, 6.45) is -3.79. The summed E-state index contributed by atoms with van der Waals surface area (Å²) >= 11 is 1.57. The number of carboxylic acid groups (broad SMARTS) is 1. The number of halogens is 3. The Balaban J connectivity index is 1.68. The molecular formula is C21H20F3N3O2S. The number of carbonyl (C=O) groups is 1. The standard InChI is InChI=1S/C21H20F3N3O2S/c1-13-11-18(9-3-15(13)4-10-20(28)29)30-12-19-14(2)25-27(26-19)17-7-5-16(6-8-17)21(22,23)24/h3,5-9,11H,4,10,12H2,1-2H3,(H,28,29). The molecule has 5 nitrogen and oxygen atoms in total. The molecule has 1 N–H and O–H groups in total. The lowest BCUT2D eigenvalue weighted by molar-refractivity contribution is -0.138. The molecule has 30 heavy (non-hydrogen) atoms. The minimum Gasteiger partial charge on any atom is -0.481 e. The van der Waals surface area contributed by atoms with E-state index in [4.69, 9.17) is 5.11 Å². The van der Waals surface area contributed by atoms with Crippen LogP contribution in [-0.4, -0.2) is 26.1 Å². The van der Waals surface area contributed by atoms with Crippen molar-refractivity contribution in [2.45, 2.75) is 43.5 Å². The van der Waals surface area contributed by atoms with Crippen molar-refractivity contribution in [3.05, 3.63) is 70.5 Å². The highest BCUT2D eigenvalue weighted by Gasteiger charge is 2.30. The minimum absolute atomic E-state index is 0.0968. The van der Waals surface area contributed by atoms with E-state index >= 15 is 0 Å². The molecule has 0 unspecified atom stereocenters. The first-order valence-corrected chi connectivity index (χ1v) is 10.2. The summed E-state index contributed by atoms with van der Waals surface area (Å²) < 4.78 is 38.1. The number of aromatic nitrogens is 3. The molecule has 0 spiro atoms. The van der Waals surface area contributed by atoms with Crippen LogP contribution in [0.4, 0.5) is 13.2 Å². The molecule has 1 aromatic heterocycles. The zero-order valence-corrected chi connectivity index (χ0v) is 17.2. The first-order chi connectivity index (χ1) is 14.1. The van der Waals surface area contributed by atoms with E-state index in [9.17, 15) is 18.0 Å². The van der Waals surface area contributed by atoms with E-state index in [1.807, 2.05) is 32.0 Å². The first kappa shape index (κ1) is 21.9. The fraction of sp³-hybridized carbons (Fsp3) is 0.286. The summed E-state index contributed by atoms with van der Waals surface area (Å²) in [5.74, 6) is -0.264. The van der Waals surface area contributed by atoms with Crippen molar-refractivity contribution < 1.29 is 23.1 Å². The number of aryl methyl sites for hydroxylation is 3. The van der Waals surface area contributed by atoms with E-state index in [-0.39, 0.29) is 6.42 Å². The van der Waals surface area contributed by atoms with E-state index in [2.05, 4.69) is 10.2 Å². The maximum Gasteiger partial charge on any atom is 0.416 e. The van der Waals surface area contributed by atoms with Gasteiger partial charge in [-0.15, -0.1) is 11.8 Å². The fourth-order valence-electron chi connectivity index (χ4n) is 2.87. The monoisotopic (exact) mass is 435 g/mol. The second-order valence-electron chi connectivity index (χ2n) is 6.84. The largest absolute Gasteiger partial charge is 0.481 e. The van der Waals surface area contributed by atoms with Crippen LogP contribution < -0.4 is 0 Å². The molecule has 1 heterocycles. The summed E-state index contributed by atoms with van der Waals surface area (Å²) in [5.41, 5.74) is 3.23. The van der Waals surface area contributed by atoms with E-state index in [0.29, 0.717) is 23.6 Å². The predicted octanol–water partition coefficient (Wildman–Crippen LogP) is 5.21. The van der Waals surface area contributed by atoms with Crippen LogP contribution in [0.25, 0.3) is 5.69 Å². The number of hydrogen-bond donors (Lipinski definition) is 1. The van der Waals surface area contributed by atoms with E-state index < -0.39 is 17.7 Å². The number of carboxylic acids is 1. The molecule has 158 valence electrons. The Bertz CT molecular complexity index is 1050. The third kappa shape index (κ3) is 5.41. The van der Waals surface area contributed by atoms with Crippen LogP contribution in [0.3, 0.4) is 0 Å². The number of hydrogen-bond acceptors (Lipinski definition) is 4. The van der Waals surface area contributed by atoms with Gasteiger partial charge in [0.2, 0.25) is 0 Å². The van der Waals surface area contributed by atoms with Gasteiger partial charge in [-0.25, -0.2) is 0 Å². The van der Waals surface area contributed by atoms with Crippen LogP contribution in [0.5, 0.6) is 0 Å². The third-order valence-electron chi connectivity index (χ3n) is 4.60. The molecule has 0 saturated carbocycles. The van der Waals surface area contributed by atoms with Gasteiger partial charge in [-0.05, 0) is 67.8 Å². The SMILES string of the molecule is Cc1cc(SCc2nn(-c3ccc(C(F)(F)F)cc3)nc2C)ccc1CCC(=O)O. The third-order valence-corrected chi connectivity index (χ3v) is 5.61. The Labute approximate surface area is 175 Å². The average molecular weight is 435 g/mol. The Morgan fingerprint density at radius 2 is 1.80 bits per heavy atom. The van der Waals surface area contributed by atoms with E-state index in [1.54, 1.807) is 11.8 Å². The van der Waals surface area contributed by atoms with Crippen LogP contribution >= 0.6 is 11.8 Å². The minimum atomic E-state index is -4.38. The van der Waals surface area contributed by atoms with Crippen molar-refractivity contribution in [1.29, 1.82) is 0 Å². The number of thioether (sulfide) groups is 1. The Morgan fingerprint density at radius 3 is 2.40 bits per heavy atom. The molecule has 3 rings (SSSR count). The topological polar surface area (TPSA) is 68.0 Å². The summed E-state index contributed by atoms with van der Waals surface area (Å²) in [6.45, 7) is 3.76. The Kier molecular flexibility index (Phi) is 6.50. The number of rotatable bonds is 7. The summed E-state index contributed by atoms with van der Waals surface area (Å²) in [7, 11) is 0. The lowest BCUT2D eigenvalue weighted by Gasteiger charge is -2.07. The molecule has 0 bridgehead atoms. The highest BCUT2D eigenvalue weighted by atomic mass is 32.2. The van der Waals surface area contributed by atoms with Crippen molar-refractivity contribution in [2.75, 3.05) is 0 Å². The fourth-order valence-corrected chi connectivity index (χ4v) is 3.87. The normalized spacial score (nSPS) is 11.6. The lowest BCUT2D eigenvalue weighted by Crippen LogP contribution is -2.06. The van der Waals surface area contributed by atoms with Crippen molar-refractivity contribution >= 4 is 17.7 Å². The summed E-state index contributed by atoms with van der Waals surface area (Å²) in [6, 6.07) is 10.6. The van der Waals surface area contributed by atoms with E-state index in [0.717, 1.165) is 33.8 Å². The van der Waals surface area contributed by atoms with Gasteiger partial charge < -0.3 is 5.11 Å². The molecule has 0 fully saturated rings. The number of aliphatic carboxylic acids is 1. The highest BCUT2D eigenvalue weighted by molar-refractivity contribution is 7.98. The number of benzene rings is 2. The van der Waals surface area contributed by atoms with Gasteiger partial charge in [0.25, 0.3) is 0 Å². The zero-order chi connectivity index (χ0) is 21.9. The molecule has 3 aromatic rings. The van der Waals surface area contributed by atoms with Crippen molar-refractivity contribution in [3.8, 4) is 5.69 Å². The van der Waals surface area contributed by atoms with E-state index in [1.165, 1.54) is 16.9 Å². The number of nitrogens with zero attached hydrogens (tertiary/aromatic N) is 3. The van der Waals surface area contributed by atoms with Gasteiger partial charge in [0.1, 0.15) is 0 Å². The van der Waals surface area contributed by atoms with Gasteiger partial charge in [-0.3, -0.25) is 4.79 Å². The predicted molar refractivity (Wildman–Crippen MR) is 108 cm³/mol. The lowest BCUT2D eigenvalue weighted by atomic mass is 10.0. The molecule has 9 heteroatoms. The molecule has 0 aliphatic carbocycles. The molecule has 0 atom stereocenters. The van der Waals surface area contributed by atoms with Crippen LogP contribution in [0.2, 0.25) is 0 Å². The second kappa shape index (κ2) is 8.91. The van der Waals surface area contributed by atoms with Gasteiger partial charge in [-0.2, -0.15) is 28.2 Å². The second-order valence-corrected chi connectivity index (χ2v) is 7.89. The van der Waals surface area contributed by atoms with Gasteiger partial charge >= 0.3 is 12.1 Å². The summed E-state index contributed by atoms with van der Waals surface area (Å²) in [4.78, 5) is 13.1. The zero-order valence-electron chi connectivity index (χ0n) is 16.4. The maximum absolute atomic E-state index is 12.7. The molecule has 0 aliphatic rings. The average Bonchev–Trinajstić information content (AvgIpc) is 3.05. The van der Waals surface area contributed by atoms with Crippen LogP contribution in [0, 0.1) is 13.8 Å². The molecular weight excluding hydrogens is 415 g/mol. The molecule has 0 aliphatic heterocycles. The van der Waals surface area contributed by atoms with Crippen molar-refractivity contribution in [2.24, 2.45) is 0 Å². The highest BCUT2D eigenvalue weighted by Crippen LogP contribution is 2.30. The van der Waals surface area contributed by atoms with Crippen LogP contribution in [0.1, 0.15) is 34.5 Å². The summed E-state index contributed by atoms with van der Waals surface area (Å²) in [5, 5.41) is 17.5. The van der Waals surface area contributed by atoms with Crippen molar-refractivity contribution in [1.82, 2.24) is 15.0 Å². The molecule has 0 saturated heterocycles. The smallest absolute Gasteiger partial charge is 0.416 e. The van der Waals surface area contributed by atoms with Gasteiger partial charge in [0.05, 0.1) is 22.6 Å². The maximum atomic E-state index is 12.7. The molecule has 0 radical (unpaired) electrons.